The second-order valence-electron chi connectivity index (χ2n) is 2.57. The first-order valence-electron chi connectivity index (χ1n) is 3.73. The molecule has 1 aliphatic rings. The molecule has 1 aliphatic heterocycles. The van der Waals surface area contributed by atoms with Crippen LogP contribution in [0.3, 0.4) is 0 Å². The Bertz CT molecular complexity index is 152. The SMILES string of the molecule is O=CCS(=O)CC1CCCO1. The van der Waals surface area contributed by atoms with Crippen LogP contribution in [-0.2, 0) is 20.3 Å². The minimum atomic E-state index is -1.00. The second-order valence-corrected chi connectivity index (χ2v) is 4.12. The maximum absolute atomic E-state index is 11.0. The zero-order valence-corrected chi connectivity index (χ0v) is 7.14. The molecule has 64 valence electrons. The smallest absolute Gasteiger partial charge is 0.132 e. The second kappa shape index (κ2) is 4.62. The molecule has 0 amide bonds. The number of carbonyl (C=O) groups excluding carboxylic acids is 1. The molecule has 0 spiro atoms. The maximum Gasteiger partial charge on any atom is 0.132 e. The molecule has 1 rings (SSSR count). The molecule has 0 bridgehead atoms. The summed E-state index contributed by atoms with van der Waals surface area (Å²) in [4.78, 5) is 9.96. The molecule has 0 N–H and O–H groups in total. The number of hydrogen-bond acceptors (Lipinski definition) is 3. The van der Waals surface area contributed by atoms with Crippen LogP contribution in [0.1, 0.15) is 12.8 Å². The molecule has 3 nitrogen and oxygen atoms in total. The highest BCUT2D eigenvalue weighted by Gasteiger charge is 2.17. The molecule has 1 fully saturated rings. The Balaban J connectivity index is 2.18. The highest BCUT2D eigenvalue weighted by atomic mass is 32.2. The average Bonchev–Trinajstić information content (AvgIpc) is 2.40. The summed E-state index contributed by atoms with van der Waals surface area (Å²) in [5, 5.41) is 0. The van der Waals surface area contributed by atoms with E-state index in [0.717, 1.165) is 19.4 Å². The van der Waals surface area contributed by atoms with Crippen LogP contribution in [0.15, 0.2) is 0 Å². The van der Waals surface area contributed by atoms with Gasteiger partial charge in [0.25, 0.3) is 0 Å². The molecular formula is C7H12O3S. The molecule has 0 saturated carbocycles. The van der Waals surface area contributed by atoms with Crippen molar-refractivity contribution in [1.29, 1.82) is 0 Å². The van der Waals surface area contributed by atoms with Gasteiger partial charge in [0.1, 0.15) is 6.29 Å². The summed E-state index contributed by atoms with van der Waals surface area (Å²) >= 11 is 0. The van der Waals surface area contributed by atoms with E-state index >= 15 is 0 Å². The lowest BCUT2D eigenvalue weighted by Gasteiger charge is -2.05. The van der Waals surface area contributed by atoms with Gasteiger partial charge in [-0.1, -0.05) is 0 Å². The summed E-state index contributed by atoms with van der Waals surface area (Å²) in [5.41, 5.74) is 0. The predicted molar refractivity (Wildman–Crippen MR) is 42.9 cm³/mol. The van der Waals surface area contributed by atoms with Crippen LogP contribution in [0.5, 0.6) is 0 Å². The van der Waals surface area contributed by atoms with Gasteiger partial charge in [0.2, 0.25) is 0 Å². The van der Waals surface area contributed by atoms with Crippen LogP contribution in [-0.4, -0.2) is 34.7 Å². The van der Waals surface area contributed by atoms with Crippen molar-refractivity contribution in [2.75, 3.05) is 18.1 Å². The molecule has 4 heteroatoms. The summed E-state index contributed by atoms with van der Waals surface area (Å²) in [6.45, 7) is 0.781. The van der Waals surface area contributed by atoms with Crippen LogP contribution >= 0.6 is 0 Å². The van der Waals surface area contributed by atoms with Crippen molar-refractivity contribution in [2.24, 2.45) is 0 Å². The minimum Gasteiger partial charge on any atom is -0.377 e. The van der Waals surface area contributed by atoms with Crippen molar-refractivity contribution in [1.82, 2.24) is 0 Å². The van der Waals surface area contributed by atoms with Crippen LogP contribution < -0.4 is 0 Å². The first-order valence-corrected chi connectivity index (χ1v) is 5.22. The van der Waals surface area contributed by atoms with Crippen molar-refractivity contribution in [2.45, 2.75) is 18.9 Å². The zero-order chi connectivity index (χ0) is 8.10. The van der Waals surface area contributed by atoms with Crippen LogP contribution in [0.4, 0.5) is 0 Å². The summed E-state index contributed by atoms with van der Waals surface area (Å²) in [7, 11) is -1.00. The fourth-order valence-corrected chi connectivity index (χ4v) is 2.09. The summed E-state index contributed by atoms with van der Waals surface area (Å²) in [5.74, 6) is 0.679. The van der Waals surface area contributed by atoms with E-state index in [1.165, 1.54) is 0 Å². The van der Waals surface area contributed by atoms with E-state index in [-0.39, 0.29) is 11.9 Å². The normalized spacial score (nSPS) is 26.7. The molecule has 0 radical (unpaired) electrons. The topological polar surface area (TPSA) is 43.4 Å². The van der Waals surface area contributed by atoms with Crippen LogP contribution in [0, 0.1) is 0 Å². The molecule has 0 aromatic carbocycles. The number of ether oxygens (including phenoxy) is 1. The standard InChI is InChI=1S/C7H12O3S/c8-3-5-11(9)6-7-2-1-4-10-7/h3,7H,1-2,4-6H2. The van der Waals surface area contributed by atoms with Crippen molar-refractivity contribution < 1.29 is 13.7 Å². The van der Waals surface area contributed by atoms with Gasteiger partial charge in [-0.2, -0.15) is 0 Å². The molecule has 1 heterocycles. The van der Waals surface area contributed by atoms with E-state index < -0.39 is 10.8 Å². The molecular weight excluding hydrogens is 164 g/mol. The molecule has 2 atom stereocenters. The number of rotatable bonds is 4. The van der Waals surface area contributed by atoms with Gasteiger partial charge >= 0.3 is 0 Å². The van der Waals surface area contributed by atoms with Crippen molar-refractivity contribution >= 4 is 17.1 Å². The summed E-state index contributed by atoms with van der Waals surface area (Å²) in [6.07, 6.45) is 2.88. The largest absolute Gasteiger partial charge is 0.377 e. The molecule has 1 saturated heterocycles. The lowest BCUT2D eigenvalue weighted by molar-refractivity contribution is -0.105. The van der Waals surface area contributed by atoms with Crippen molar-refractivity contribution in [3.05, 3.63) is 0 Å². The van der Waals surface area contributed by atoms with E-state index in [1.807, 2.05) is 0 Å². The van der Waals surface area contributed by atoms with Gasteiger partial charge in [0, 0.05) is 17.4 Å². The van der Waals surface area contributed by atoms with E-state index in [1.54, 1.807) is 0 Å². The fraction of sp³-hybridized carbons (Fsp3) is 0.857. The first kappa shape index (κ1) is 8.87. The van der Waals surface area contributed by atoms with E-state index in [4.69, 9.17) is 4.74 Å². The van der Waals surface area contributed by atoms with E-state index in [2.05, 4.69) is 0 Å². The Morgan fingerprint density at radius 1 is 1.64 bits per heavy atom. The van der Waals surface area contributed by atoms with Gasteiger partial charge in [0.05, 0.1) is 17.6 Å². The molecule has 11 heavy (non-hydrogen) atoms. The Kier molecular flexibility index (Phi) is 3.72. The van der Waals surface area contributed by atoms with Gasteiger partial charge in [-0.05, 0) is 12.8 Å². The van der Waals surface area contributed by atoms with E-state index in [9.17, 15) is 9.00 Å². The number of hydrogen-bond donors (Lipinski definition) is 0. The first-order chi connectivity index (χ1) is 5.33. The van der Waals surface area contributed by atoms with Gasteiger partial charge < -0.3 is 9.53 Å². The third-order valence-electron chi connectivity index (χ3n) is 1.65. The molecule has 0 aliphatic carbocycles. The number of aldehydes is 1. The molecule has 0 aromatic heterocycles. The highest BCUT2D eigenvalue weighted by molar-refractivity contribution is 7.85. The van der Waals surface area contributed by atoms with Gasteiger partial charge in [-0.3, -0.25) is 4.21 Å². The van der Waals surface area contributed by atoms with Gasteiger partial charge in [0.15, 0.2) is 0 Å². The Hall–Kier alpha value is -0.220. The number of carbonyl (C=O) groups is 1. The lowest BCUT2D eigenvalue weighted by atomic mass is 10.3. The third-order valence-corrected chi connectivity index (χ3v) is 2.90. The quantitative estimate of drug-likeness (QED) is 0.571. The van der Waals surface area contributed by atoms with Crippen LogP contribution in [0.2, 0.25) is 0 Å². The zero-order valence-electron chi connectivity index (χ0n) is 6.32. The summed E-state index contributed by atoms with van der Waals surface area (Å²) in [6, 6.07) is 0. The Morgan fingerprint density at radius 2 is 2.45 bits per heavy atom. The Labute approximate surface area is 68.6 Å². The van der Waals surface area contributed by atoms with E-state index in [0.29, 0.717) is 12.0 Å². The van der Waals surface area contributed by atoms with Crippen molar-refractivity contribution in [3.63, 3.8) is 0 Å². The summed E-state index contributed by atoms with van der Waals surface area (Å²) < 4.78 is 16.3. The molecule has 2 unspecified atom stereocenters. The highest BCUT2D eigenvalue weighted by Crippen LogP contribution is 2.12. The van der Waals surface area contributed by atoms with Gasteiger partial charge in [-0.15, -0.1) is 0 Å². The predicted octanol–water partition coefficient (Wildman–Crippen LogP) is 0.113. The van der Waals surface area contributed by atoms with Crippen LogP contribution in [0.25, 0.3) is 0 Å². The average molecular weight is 176 g/mol. The van der Waals surface area contributed by atoms with Gasteiger partial charge in [-0.25, -0.2) is 0 Å². The molecule has 0 aromatic rings. The Morgan fingerprint density at radius 3 is 3.00 bits per heavy atom. The lowest BCUT2D eigenvalue weighted by Crippen LogP contribution is -2.17. The van der Waals surface area contributed by atoms with Crippen molar-refractivity contribution in [3.8, 4) is 0 Å². The third kappa shape index (κ3) is 3.12. The maximum atomic E-state index is 11.0. The monoisotopic (exact) mass is 176 g/mol. The fourth-order valence-electron chi connectivity index (χ4n) is 1.13. The minimum absolute atomic E-state index is 0.135.